The predicted molar refractivity (Wildman–Crippen MR) is 121 cm³/mol. The van der Waals surface area contributed by atoms with Crippen molar-refractivity contribution in [2.24, 2.45) is 35.0 Å². The van der Waals surface area contributed by atoms with E-state index in [-0.39, 0.29) is 40.9 Å². The van der Waals surface area contributed by atoms with Gasteiger partial charge in [0.15, 0.2) is 0 Å². The number of aliphatic hydroxyl groups is 1. The first-order valence-electron chi connectivity index (χ1n) is 12.7. The van der Waals surface area contributed by atoms with Gasteiger partial charge in [0.1, 0.15) is 17.3 Å². The van der Waals surface area contributed by atoms with Gasteiger partial charge in [0.2, 0.25) is 0 Å². The molecule has 4 fully saturated rings. The number of carbonyl (C=O) groups excluding carboxylic acids is 1. The van der Waals surface area contributed by atoms with Crippen LogP contribution in [0.4, 0.5) is 8.78 Å². The van der Waals surface area contributed by atoms with E-state index in [0.29, 0.717) is 36.7 Å². The molecule has 0 spiro atoms. The molecule has 4 saturated carbocycles. The fourth-order valence-corrected chi connectivity index (χ4v) is 8.58. The van der Waals surface area contributed by atoms with Crippen LogP contribution in [0.3, 0.4) is 0 Å². The Morgan fingerprint density at radius 2 is 1.91 bits per heavy atom. The average Bonchev–Trinajstić information content (AvgIpc) is 3.13. The second-order valence-electron chi connectivity index (χ2n) is 12.0. The van der Waals surface area contributed by atoms with Crippen molar-refractivity contribution in [3.05, 3.63) is 35.1 Å². The maximum absolute atomic E-state index is 16.5. The topological polar surface area (TPSA) is 61.1 Å². The third-order valence-corrected chi connectivity index (χ3v) is 10.2. The summed E-state index contributed by atoms with van der Waals surface area (Å²) in [5, 5.41) is 19.5. The summed E-state index contributed by atoms with van der Waals surface area (Å²) in [4.78, 5) is 13.4. The van der Waals surface area contributed by atoms with E-state index >= 15 is 4.39 Å². The maximum atomic E-state index is 16.5. The first-order chi connectivity index (χ1) is 15.6. The highest BCUT2D eigenvalue weighted by Crippen LogP contribution is 2.66. The summed E-state index contributed by atoms with van der Waals surface area (Å²) in [6.45, 7) is 4.07. The van der Waals surface area contributed by atoms with Crippen LogP contribution in [0.25, 0.3) is 0 Å². The third-order valence-electron chi connectivity index (χ3n) is 10.2. The molecule has 0 heterocycles. The first kappa shape index (κ1) is 23.0. The highest BCUT2D eigenvalue weighted by molar-refractivity contribution is 5.84. The van der Waals surface area contributed by atoms with Crippen LogP contribution in [0.1, 0.15) is 82.8 Å². The number of alkyl halides is 1. The summed E-state index contributed by atoms with van der Waals surface area (Å²) in [6, 6.07) is 6.26. The molecule has 0 unspecified atom stereocenters. The Hall–Kier alpha value is -1.80. The van der Waals surface area contributed by atoms with Gasteiger partial charge in [-0.25, -0.2) is 8.78 Å². The van der Waals surface area contributed by atoms with Gasteiger partial charge in [0, 0.05) is 12.3 Å². The fraction of sp³-hybridized carbons (Fsp3) is 0.714. The summed E-state index contributed by atoms with van der Waals surface area (Å²) in [6.07, 6.45) is 6.83. The van der Waals surface area contributed by atoms with Crippen LogP contribution in [0.15, 0.2) is 18.2 Å². The van der Waals surface area contributed by atoms with Gasteiger partial charge in [0.25, 0.3) is 0 Å². The van der Waals surface area contributed by atoms with Crippen molar-refractivity contribution in [3.63, 3.8) is 0 Å². The second kappa shape index (κ2) is 7.87. The van der Waals surface area contributed by atoms with E-state index in [0.717, 1.165) is 38.5 Å². The summed E-state index contributed by atoms with van der Waals surface area (Å²) < 4.78 is 30.9. The van der Waals surface area contributed by atoms with E-state index in [2.05, 4.69) is 6.92 Å². The molecule has 1 aromatic carbocycles. The highest BCUT2D eigenvalue weighted by atomic mass is 19.1. The molecule has 0 saturated heterocycles. The largest absolute Gasteiger partial charge is 0.390 e. The molecule has 4 aliphatic rings. The zero-order valence-corrected chi connectivity index (χ0v) is 19.7. The second-order valence-corrected chi connectivity index (χ2v) is 12.0. The van der Waals surface area contributed by atoms with Crippen LogP contribution < -0.4 is 0 Å². The minimum atomic E-state index is -1.18. The number of carbonyl (C=O) groups is 1. The molecule has 8 atom stereocenters. The van der Waals surface area contributed by atoms with Crippen molar-refractivity contribution in [1.29, 1.82) is 5.26 Å². The lowest BCUT2D eigenvalue weighted by Crippen LogP contribution is -2.58. The van der Waals surface area contributed by atoms with Crippen LogP contribution in [-0.2, 0) is 11.2 Å². The van der Waals surface area contributed by atoms with Crippen molar-refractivity contribution in [1.82, 2.24) is 0 Å². The van der Waals surface area contributed by atoms with Crippen molar-refractivity contribution in [2.45, 2.75) is 89.3 Å². The minimum Gasteiger partial charge on any atom is -0.390 e. The quantitative estimate of drug-likeness (QED) is 0.615. The van der Waals surface area contributed by atoms with Crippen LogP contribution in [0.2, 0.25) is 0 Å². The summed E-state index contributed by atoms with van der Waals surface area (Å²) in [5.41, 5.74) is -1.46. The Labute approximate surface area is 195 Å². The zero-order chi connectivity index (χ0) is 23.6. The van der Waals surface area contributed by atoms with Crippen molar-refractivity contribution in [2.75, 3.05) is 0 Å². The van der Waals surface area contributed by atoms with E-state index in [1.165, 1.54) is 6.07 Å². The lowest BCUT2D eigenvalue weighted by atomic mass is 9.47. The van der Waals surface area contributed by atoms with Gasteiger partial charge in [-0.15, -0.1) is 0 Å². The van der Waals surface area contributed by atoms with Gasteiger partial charge in [-0.2, -0.15) is 5.26 Å². The van der Waals surface area contributed by atoms with Crippen molar-refractivity contribution < 1.29 is 18.7 Å². The number of benzene rings is 1. The van der Waals surface area contributed by atoms with E-state index in [1.807, 2.05) is 13.0 Å². The molecule has 1 aromatic rings. The minimum absolute atomic E-state index is 0.0373. The van der Waals surface area contributed by atoms with Gasteiger partial charge in [-0.3, -0.25) is 4.79 Å². The molecular weight excluding hydrogens is 420 g/mol. The SMILES string of the molecule is C[C@@]1(O)CC[C@@]2(F)[C@H](CC[C@H]3[C@@H]4CC[C@H](C(=O)Cc5ccc(C#N)cc5F)[C@@]4(C)CC[C@@H]32)C1. The number of fused-ring (bicyclic) bond motifs is 5. The number of halogens is 2. The van der Waals surface area contributed by atoms with Gasteiger partial charge in [-0.1, -0.05) is 13.0 Å². The smallest absolute Gasteiger partial charge is 0.140 e. The van der Waals surface area contributed by atoms with Crippen molar-refractivity contribution >= 4 is 5.78 Å². The Kier molecular flexibility index (Phi) is 5.48. The third kappa shape index (κ3) is 3.64. The van der Waals surface area contributed by atoms with Crippen LogP contribution in [-0.4, -0.2) is 22.2 Å². The molecule has 4 aliphatic carbocycles. The Morgan fingerprint density at radius 1 is 1.12 bits per heavy atom. The average molecular weight is 456 g/mol. The van der Waals surface area contributed by atoms with Crippen LogP contribution >= 0.6 is 0 Å². The number of hydrogen-bond donors (Lipinski definition) is 1. The summed E-state index contributed by atoms with van der Waals surface area (Å²) in [7, 11) is 0. The normalized spacial score (nSPS) is 44.3. The van der Waals surface area contributed by atoms with Crippen LogP contribution in [0, 0.1) is 52.2 Å². The van der Waals surface area contributed by atoms with Crippen molar-refractivity contribution in [3.8, 4) is 6.07 Å². The first-order valence-corrected chi connectivity index (χ1v) is 12.7. The molecule has 178 valence electrons. The fourth-order valence-electron chi connectivity index (χ4n) is 8.58. The Bertz CT molecular complexity index is 1000. The predicted octanol–water partition coefficient (Wildman–Crippen LogP) is 5.92. The van der Waals surface area contributed by atoms with Gasteiger partial charge >= 0.3 is 0 Å². The Balaban J connectivity index is 1.34. The lowest BCUT2D eigenvalue weighted by molar-refractivity contribution is -0.165. The van der Waals surface area contributed by atoms with Gasteiger partial charge in [0.05, 0.1) is 17.2 Å². The molecule has 0 aliphatic heterocycles. The van der Waals surface area contributed by atoms with Crippen LogP contribution in [0.5, 0.6) is 0 Å². The highest BCUT2D eigenvalue weighted by Gasteiger charge is 2.63. The zero-order valence-electron chi connectivity index (χ0n) is 19.7. The Morgan fingerprint density at radius 3 is 2.64 bits per heavy atom. The number of nitriles is 1. The molecule has 0 aromatic heterocycles. The molecule has 5 heteroatoms. The molecule has 0 radical (unpaired) electrons. The van der Waals surface area contributed by atoms with E-state index < -0.39 is 17.1 Å². The maximum Gasteiger partial charge on any atom is 0.140 e. The lowest BCUT2D eigenvalue weighted by Gasteiger charge is -2.59. The summed E-state index contributed by atoms with van der Waals surface area (Å²) in [5.74, 6) is 0.111. The molecule has 5 rings (SSSR count). The molecule has 1 N–H and O–H groups in total. The molecule has 0 bridgehead atoms. The number of ketones is 1. The van der Waals surface area contributed by atoms with E-state index in [1.54, 1.807) is 12.1 Å². The number of Topliss-reactive ketones (excluding diaryl/α,β-unsaturated/α-hetero) is 1. The number of nitrogens with zero attached hydrogens (tertiary/aromatic N) is 1. The number of hydrogen-bond acceptors (Lipinski definition) is 3. The molecule has 3 nitrogen and oxygen atoms in total. The molecule has 33 heavy (non-hydrogen) atoms. The van der Waals surface area contributed by atoms with E-state index in [4.69, 9.17) is 5.26 Å². The monoisotopic (exact) mass is 455 g/mol. The van der Waals surface area contributed by atoms with Gasteiger partial charge in [-0.05, 0) is 111 Å². The van der Waals surface area contributed by atoms with Gasteiger partial charge < -0.3 is 5.11 Å². The molecular formula is C28H35F2NO2. The standard InChI is InChI=1S/C28H35F2NO2/c1-26(33)11-12-28(30)19(15-26)5-6-20-21-7-8-23(27(21,2)10-9-22(20)28)25(32)14-18-4-3-17(16-31)13-24(18)29/h3-4,13,19-23,33H,5-12,14-15H2,1-2H3/t19-,20+,21+,22+,23-,26-,27+,28-/m1/s1. The van der Waals surface area contributed by atoms with E-state index in [9.17, 15) is 14.3 Å². The number of rotatable bonds is 3. The molecule has 0 amide bonds. The summed E-state index contributed by atoms with van der Waals surface area (Å²) >= 11 is 0.